The van der Waals surface area contributed by atoms with E-state index in [1.165, 1.54) is 0 Å². The maximum Gasteiger partial charge on any atom is 0.150 e. The van der Waals surface area contributed by atoms with Crippen LogP contribution in [0.25, 0.3) is 33.4 Å². The van der Waals surface area contributed by atoms with Crippen LogP contribution in [0.4, 0.5) is 10.2 Å². The van der Waals surface area contributed by atoms with E-state index in [0.717, 1.165) is 71.0 Å². The van der Waals surface area contributed by atoms with E-state index in [1.807, 2.05) is 41.3 Å². The zero-order valence-electron chi connectivity index (χ0n) is 21.1. The molecular weight excluding hydrogens is 489 g/mol. The van der Waals surface area contributed by atoms with Crippen molar-refractivity contribution in [1.82, 2.24) is 19.7 Å². The minimum Gasteiger partial charge on any atom is -0.377 e. The van der Waals surface area contributed by atoms with Crippen molar-refractivity contribution in [3.05, 3.63) is 54.6 Å². The quantitative estimate of drug-likeness (QED) is 0.302. The average molecular weight is 520 g/mol. The van der Waals surface area contributed by atoms with Crippen LogP contribution in [0, 0.1) is 5.82 Å². The van der Waals surface area contributed by atoms with Crippen LogP contribution in [0.1, 0.15) is 32.4 Å². The Kier molecular flexibility index (Phi) is 6.84. The van der Waals surface area contributed by atoms with Gasteiger partial charge in [-0.15, -0.1) is 11.8 Å². The second-order valence-electron chi connectivity index (χ2n) is 9.53. The highest BCUT2D eigenvalue weighted by molar-refractivity contribution is 7.98. The Balaban J connectivity index is 1.59. The Morgan fingerprint density at radius 2 is 1.97 bits per heavy atom. The van der Waals surface area contributed by atoms with Crippen LogP contribution in [0.5, 0.6) is 0 Å². The summed E-state index contributed by atoms with van der Waals surface area (Å²) in [5, 5.41) is 5.45. The number of benzene rings is 1. The number of pyridine rings is 2. The molecule has 2 aliphatic rings. The lowest BCUT2D eigenvalue weighted by molar-refractivity contribution is -0.0383. The molecule has 0 radical (unpaired) electrons. The largest absolute Gasteiger partial charge is 0.377 e. The lowest BCUT2D eigenvalue weighted by Gasteiger charge is -2.34. The zero-order valence-corrected chi connectivity index (χ0v) is 21.9. The summed E-state index contributed by atoms with van der Waals surface area (Å²) in [6.45, 7) is 4.81. The van der Waals surface area contributed by atoms with Gasteiger partial charge in [-0.05, 0) is 74.4 Å². The van der Waals surface area contributed by atoms with Crippen LogP contribution in [0.3, 0.4) is 0 Å². The number of hydrogen-bond donors (Lipinski definition) is 0. The third-order valence-corrected chi connectivity index (χ3v) is 7.91. The van der Waals surface area contributed by atoms with Crippen molar-refractivity contribution in [2.24, 2.45) is 0 Å². The van der Waals surface area contributed by atoms with Gasteiger partial charge in [0.1, 0.15) is 22.8 Å². The number of nitrogens with zero attached hydrogens (tertiary/aromatic N) is 5. The van der Waals surface area contributed by atoms with E-state index in [4.69, 9.17) is 19.4 Å². The number of aromatic nitrogens is 4. The third-order valence-electron chi connectivity index (χ3n) is 7.18. The molecule has 0 bridgehead atoms. The lowest BCUT2D eigenvalue weighted by Crippen LogP contribution is -2.44. The summed E-state index contributed by atoms with van der Waals surface area (Å²) >= 11 is 1.60. The molecule has 3 aromatic heterocycles. The third kappa shape index (κ3) is 4.60. The number of halogens is 1. The lowest BCUT2D eigenvalue weighted by atomic mass is 9.99. The SMILES string of the molecule is CSc1ccc(F)c(-c2cc(N3CCOC[C@H]3C)nc3c(-c4ccnn4C4CCCCO4)nccc23)c1. The van der Waals surface area contributed by atoms with Gasteiger partial charge in [-0.3, -0.25) is 4.98 Å². The minimum absolute atomic E-state index is 0.131. The van der Waals surface area contributed by atoms with Crippen molar-refractivity contribution in [2.75, 3.05) is 37.5 Å². The monoisotopic (exact) mass is 519 g/mol. The van der Waals surface area contributed by atoms with Crippen molar-refractivity contribution < 1.29 is 13.9 Å². The smallest absolute Gasteiger partial charge is 0.150 e. The summed E-state index contributed by atoms with van der Waals surface area (Å²) in [6, 6.07) is 11.3. The van der Waals surface area contributed by atoms with Gasteiger partial charge in [0.05, 0.1) is 24.9 Å². The van der Waals surface area contributed by atoms with Crippen LogP contribution in [0.15, 0.2) is 53.7 Å². The topological polar surface area (TPSA) is 65.3 Å². The molecule has 2 saturated heterocycles. The van der Waals surface area contributed by atoms with Gasteiger partial charge in [0.2, 0.25) is 0 Å². The van der Waals surface area contributed by atoms with Gasteiger partial charge in [-0.1, -0.05) is 0 Å². The Bertz CT molecular complexity index is 1420. The second-order valence-corrected chi connectivity index (χ2v) is 10.4. The van der Waals surface area contributed by atoms with Crippen molar-refractivity contribution in [3.63, 3.8) is 0 Å². The van der Waals surface area contributed by atoms with Crippen LogP contribution >= 0.6 is 11.8 Å². The van der Waals surface area contributed by atoms with E-state index in [1.54, 1.807) is 30.2 Å². The van der Waals surface area contributed by atoms with E-state index in [9.17, 15) is 0 Å². The average Bonchev–Trinajstić information content (AvgIpc) is 3.43. The van der Waals surface area contributed by atoms with Crippen molar-refractivity contribution in [1.29, 1.82) is 0 Å². The summed E-state index contributed by atoms with van der Waals surface area (Å²) in [7, 11) is 0. The zero-order chi connectivity index (χ0) is 25.4. The maximum absolute atomic E-state index is 15.3. The van der Waals surface area contributed by atoms with Crippen LogP contribution in [-0.4, -0.2) is 58.4 Å². The number of thioether (sulfide) groups is 1. The Morgan fingerprint density at radius 1 is 1.05 bits per heavy atom. The first-order valence-electron chi connectivity index (χ1n) is 12.8. The van der Waals surface area contributed by atoms with E-state index < -0.39 is 0 Å². The molecule has 9 heteroatoms. The number of fused-ring (bicyclic) bond motifs is 1. The van der Waals surface area contributed by atoms with Gasteiger partial charge in [-0.25, -0.2) is 14.1 Å². The normalized spacial score (nSPS) is 20.5. The summed E-state index contributed by atoms with van der Waals surface area (Å²) in [5.41, 5.74) is 3.65. The molecule has 37 heavy (non-hydrogen) atoms. The predicted molar refractivity (Wildman–Crippen MR) is 144 cm³/mol. The number of morpholine rings is 1. The van der Waals surface area contributed by atoms with Gasteiger partial charge in [0, 0.05) is 41.4 Å². The molecule has 1 unspecified atom stereocenters. The molecule has 5 heterocycles. The van der Waals surface area contributed by atoms with Crippen molar-refractivity contribution >= 4 is 28.5 Å². The van der Waals surface area contributed by atoms with E-state index in [-0.39, 0.29) is 18.1 Å². The maximum atomic E-state index is 15.3. The molecule has 1 aromatic carbocycles. The Hall–Kier alpha value is -3.01. The highest BCUT2D eigenvalue weighted by Gasteiger charge is 2.26. The first-order chi connectivity index (χ1) is 18.1. The molecule has 2 atom stereocenters. The summed E-state index contributed by atoms with van der Waals surface area (Å²) < 4.78 is 29.0. The molecule has 0 N–H and O–H groups in total. The highest BCUT2D eigenvalue weighted by Crippen LogP contribution is 2.39. The standard InChI is InChI=1S/C28H30FN5O2S/c1-18-17-35-14-12-33(18)25-16-21(22-15-19(37-2)6-7-23(22)29)20-8-10-30-28(27(20)32-25)24-9-11-31-34(24)26-5-3-4-13-36-26/h6-11,15-16,18,26H,3-5,12-14,17H2,1-2H3/t18-,26?/m1/s1. The van der Waals surface area contributed by atoms with Gasteiger partial charge in [-0.2, -0.15) is 5.10 Å². The van der Waals surface area contributed by atoms with Crippen molar-refractivity contribution in [3.8, 4) is 22.5 Å². The first-order valence-corrected chi connectivity index (χ1v) is 14.0. The molecule has 0 saturated carbocycles. The number of hydrogen-bond acceptors (Lipinski definition) is 7. The Labute approximate surface area is 220 Å². The van der Waals surface area contributed by atoms with Crippen LogP contribution in [0.2, 0.25) is 0 Å². The molecule has 2 fully saturated rings. The molecule has 7 nitrogen and oxygen atoms in total. The predicted octanol–water partition coefficient (Wildman–Crippen LogP) is 5.95. The molecule has 0 aliphatic carbocycles. The molecule has 0 amide bonds. The second kappa shape index (κ2) is 10.4. The van der Waals surface area contributed by atoms with E-state index in [0.29, 0.717) is 18.8 Å². The summed E-state index contributed by atoms with van der Waals surface area (Å²) in [5.74, 6) is 0.534. The fraction of sp³-hybridized carbons (Fsp3) is 0.393. The fourth-order valence-corrected chi connectivity index (χ4v) is 5.69. The molecule has 4 aromatic rings. The van der Waals surface area contributed by atoms with E-state index >= 15 is 4.39 Å². The van der Waals surface area contributed by atoms with Gasteiger partial charge in [0.25, 0.3) is 0 Å². The molecular formula is C28H30FN5O2S. The summed E-state index contributed by atoms with van der Waals surface area (Å²) in [6.07, 6.45) is 8.49. The molecule has 6 rings (SSSR count). The summed E-state index contributed by atoms with van der Waals surface area (Å²) in [4.78, 5) is 13.2. The van der Waals surface area contributed by atoms with Crippen molar-refractivity contribution in [2.45, 2.75) is 43.4 Å². The Morgan fingerprint density at radius 3 is 2.78 bits per heavy atom. The molecule has 192 valence electrons. The molecule has 0 spiro atoms. The number of ether oxygens (including phenoxy) is 2. The number of rotatable bonds is 5. The van der Waals surface area contributed by atoms with Gasteiger partial charge in [0.15, 0.2) is 6.23 Å². The van der Waals surface area contributed by atoms with Gasteiger partial charge < -0.3 is 14.4 Å². The highest BCUT2D eigenvalue weighted by atomic mass is 32.2. The first kappa shape index (κ1) is 24.3. The van der Waals surface area contributed by atoms with E-state index in [2.05, 4.69) is 16.9 Å². The fourth-order valence-electron chi connectivity index (χ4n) is 5.25. The molecule has 2 aliphatic heterocycles. The van der Waals surface area contributed by atoms with Crippen LogP contribution in [-0.2, 0) is 9.47 Å². The minimum atomic E-state index is -0.259. The van der Waals surface area contributed by atoms with Gasteiger partial charge >= 0.3 is 0 Å². The van der Waals surface area contributed by atoms with Crippen LogP contribution < -0.4 is 4.90 Å². The number of anilines is 1.